The molecule has 2 aromatic carbocycles. The Balaban J connectivity index is 1.53. The maximum Gasteiger partial charge on any atom is 0.408 e. The van der Waals surface area contributed by atoms with Crippen LogP contribution in [0.5, 0.6) is 5.75 Å². The second-order valence-corrected chi connectivity index (χ2v) is 15.2. The SMILES string of the molecule is COc1ccc(NC(=O)C=CC2(N(C(=O)O)C(C)(C)C)CC2)cc1Nc1ncc(Cl)c(Nc2ccccc2P(C)(C)=O)n1. The highest BCUT2D eigenvalue weighted by Crippen LogP contribution is 2.46. The van der Waals surface area contributed by atoms with Crippen LogP contribution in [0, 0.1) is 0 Å². The number of hydrogen-bond acceptors (Lipinski definition) is 8. The Morgan fingerprint density at radius 3 is 2.42 bits per heavy atom. The lowest BCUT2D eigenvalue weighted by atomic mass is 10.0. The molecule has 1 heterocycles. The van der Waals surface area contributed by atoms with E-state index in [1.54, 1.807) is 49.7 Å². The van der Waals surface area contributed by atoms with Crippen LogP contribution in [0.1, 0.15) is 33.6 Å². The third-order valence-electron chi connectivity index (χ3n) is 6.81. The summed E-state index contributed by atoms with van der Waals surface area (Å²) in [5.41, 5.74) is 0.262. The fourth-order valence-corrected chi connectivity index (χ4v) is 6.14. The number of carbonyl (C=O) groups excluding carboxylic acids is 1. The van der Waals surface area contributed by atoms with Crippen LogP contribution in [0.2, 0.25) is 5.02 Å². The number of ether oxygens (including phenoxy) is 1. The van der Waals surface area contributed by atoms with Gasteiger partial charge in [-0.2, -0.15) is 4.98 Å². The van der Waals surface area contributed by atoms with Gasteiger partial charge in [-0.3, -0.25) is 9.69 Å². The Kier molecular flexibility index (Phi) is 9.08. The van der Waals surface area contributed by atoms with Gasteiger partial charge in [0.15, 0.2) is 5.82 Å². The van der Waals surface area contributed by atoms with Crippen LogP contribution in [-0.4, -0.2) is 63.5 Å². The first-order valence-electron chi connectivity index (χ1n) is 13.6. The van der Waals surface area contributed by atoms with Gasteiger partial charge in [-0.25, -0.2) is 9.78 Å². The number of hydrogen-bond donors (Lipinski definition) is 4. The lowest BCUT2D eigenvalue weighted by Gasteiger charge is -2.38. The number of anilines is 5. The standard InChI is InChI=1S/C30H36ClN6O5P/c1-29(2,3)37(28(39)40)30(15-16-30)14-13-25(38)33-19-11-12-23(42-4)22(17-19)35-27-32-18-20(31)26(36-27)34-21-9-7-8-10-24(21)43(5,6)41/h7-14,17-18H,15-16H2,1-6H3,(H,33,38)(H,39,40)(H2,32,34,35,36). The van der Waals surface area contributed by atoms with Crippen LogP contribution in [-0.2, 0) is 9.36 Å². The fraction of sp³-hybridized carbons (Fsp3) is 0.333. The summed E-state index contributed by atoms with van der Waals surface area (Å²) >= 11 is 6.39. The number of benzene rings is 2. The molecular weight excluding hydrogens is 591 g/mol. The number of carboxylic acid groups (broad SMARTS) is 1. The summed E-state index contributed by atoms with van der Waals surface area (Å²) in [7, 11) is -1.07. The van der Waals surface area contributed by atoms with E-state index < -0.39 is 30.2 Å². The molecule has 228 valence electrons. The minimum Gasteiger partial charge on any atom is -0.495 e. The Labute approximate surface area is 256 Å². The topological polar surface area (TPSA) is 146 Å². The van der Waals surface area contributed by atoms with Gasteiger partial charge < -0.3 is 30.4 Å². The fourth-order valence-electron chi connectivity index (χ4n) is 4.85. The van der Waals surface area contributed by atoms with Gasteiger partial charge in [0.1, 0.15) is 17.9 Å². The van der Waals surface area contributed by atoms with E-state index in [4.69, 9.17) is 16.3 Å². The van der Waals surface area contributed by atoms with Crippen LogP contribution >= 0.6 is 18.7 Å². The molecule has 4 N–H and O–H groups in total. The van der Waals surface area contributed by atoms with Crippen molar-refractivity contribution in [3.8, 4) is 5.75 Å². The predicted octanol–water partition coefficient (Wildman–Crippen LogP) is 6.68. The van der Waals surface area contributed by atoms with Gasteiger partial charge in [-0.15, -0.1) is 0 Å². The smallest absolute Gasteiger partial charge is 0.408 e. The zero-order valence-corrected chi connectivity index (χ0v) is 26.6. The maximum absolute atomic E-state index is 12.8. The molecule has 1 aromatic heterocycles. The zero-order valence-electron chi connectivity index (χ0n) is 24.9. The number of para-hydroxylation sites is 1. The van der Waals surface area contributed by atoms with Crippen molar-refractivity contribution < 1.29 is 24.0 Å². The third kappa shape index (κ3) is 7.66. The molecular formula is C30H36ClN6O5P. The van der Waals surface area contributed by atoms with Gasteiger partial charge in [0.25, 0.3) is 0 Å². The number of halogens is 1. The molecule has 2 amide bonds. The summed E-state index contributed by atoms with van der Waals surface area (Å²) in [6, 6.07) is 12.3. The van der Waals surface area contributed by atoms with Gasteiger partial charge in [0, 0.05) is 22.6 Å². The van der Waals surface area contributed by atoms with Crippen LogP contribution in [0.4, 0.5) is 33.6 Å². The van der Waals surface area contributed by atoms with Crippen molar-refractivity contribution >= 4 is 64.9 Å². The minimum absolute atomic E-state index is 0.203. The van der Waals surface area contributed by atoms with Crippen molar-refractivity contribution in [2.75, 3.05) is 36.4 Å². The first kappa shape index (κ1) is 31.8. The molecule has 0 radical (unpaired) electrons. The number of rotatable bonds is 10. The summed E-state index contributed by atoms with van der Waals surface area (Å²) in [4.78, 5) is 34.9. The highest BCUT2D eigenvalue weighted by atomic mass is 35.5. The lowest BCUT2D eigenvalue weighted by Crippen LogP contribution is -2.52. The van der Waals surface area contributed by atoms with E-state index in [0.29, 0.717) is 46.8 Å². The summed E-state index contributed by atoms with van der Waals surface area (Å²) in [5, 5.41) is 19.8. The summed E-state index contributed by atoms with van der Waals surface area (Å²) in [5.74, 6) is 0.588. The first-order valence-corrected chi connectivity index (χ1v) is 16.5. The molecule has 1 fully saturated rings. The monoisotopic (exact) mass is 626 g/mol. The minimum atomic E-state index is -2.58. The van der Waals surface area contributed by atoms with Crippen LogP contribution in [0.25, 0.3) is 0 Å². The second kappa shape index (κ2) is 12.3. The van der Waals surface area contributed by atoms with Gasteiger partial charge in [-0.1, -0.05) is 29.8 Å². The average molecular weight is 627 g/mol. The second-order valence-electron chi connectivity index (χ2n) is 11.6. The Morgan fingerprint density at radius 1 is 1.12 bits per heavy atom. The highest BCUT2D eigenvalue weighted by molar-refractivity contribution is 7.70. The van der Waals surface area contributed by atoms with Crippen LogP contribution < -0.4 is 26.0 Å². The van der Waals surface area contributed by atoms with E-state index in [0.717, 1.165) is 0 Å². The molecule has 1 aliphatic rings. The van der Waals surface area contributed by atoms with Crippen molar-refractivity contribution in [1.82, 2.24) is 14.9 Å². The van der Waals surface area contributed by atoms with E-state index in [1.807, 2.05) is 32.9 Å². The molecule has 0 saturated heterocycles. The lowest BCUT2D eigenvalue weighted by molar-refractivity contribution is -0.112. The molecule has 13 heteroatoms. The molecule has 43 heavy (non-hydrogen) atoms. The molecule has 0 aliphatic heterocycles. The summed E-state index contributed by atoms with van der Waals surface area (Å²) in [6.45, 7) is 8.88. The molecule has 11 nitrogen and oxygen atoms in total. The van der Waals surface area contributed by atoms with Crippen molar-refractivity contribution in [3.63, 3.8) is 0 Å². The Hall–Kier alpha value is -4.08. The van der Waals surface area contributed by atoms with Crippen molar-refractivity contribution in [2.24, 2.45) is 0 Å². The molecule has 1 saturated carbocycles. The van der Waals surface area contributed by atoms with Crippen molar-refractivity contribution in [2.45, 2.75) is 44.7 Å². The number of amides is 2. The quantitative estimate of drug-likeness (QED) is 0.143. The van der Waals surface area contributed by atoms with E-state index >= 15 is 0 Å². The van der Waals surface area contributed by atoms with Gasteiger partial charge in [0.05, 0.1) is 30.2 Å². The predicted molar refractivity (Wildman–Crippen MR) is 171 cm³/mol. The molecule has 0 bridgehead atoms. The van der Waals surface area contributed by atoms with Gasteiger partial charge in [0.2, 0.25) is 11.9 Å². The largest absolute Gasteiger partial charge is 0.495 e. The first-order chi connectivity index (χ1) is 20.1. The molecule has 0 unspecified atom stereocenters. The Bertz CT molecular complexity index is 1610. The molecule has 3 aromatic rings. The number of carbonyl (C=O) groups is 2. The summed E-state index contributed by atoms with van der Waals surface area (Å²) in [6.07, 6.45) is 4.74. The molecule has 1 aliphatic carbocycles. The zero-order chi connectivity index (χ0) is 31.6. The normalized spacial score (nSPS) is 14.2. The van der Waals surface area contributed by atoms with E-state index in [-0.39, 0.29) is 11.0 Å². The average Bonchev–Trinajstić information content (AvgIpc) is 3.68. The van der Waals surface area contributed by atoms with Crippen LogP contribution in [0.3, 0.4) is 0 Å². The van der Waals surface area contributed by atoms with Gasteiger partial charge >= 0.3 is 6.09 Å². The van der Waals surface area contributed by atoms with Crippen molar-refractivity contribution in [3.05, 3.63) is 65.8 Å². The van der Waals surface area contributed by atoms with Crippen LogP contribution in [0.15, 0.2) is 60.8 Å². The Morgan fingerprint density at radius 2 is 1.81 bits per heavy atom. The number of aromatic nitrogens is 2. The molecule has 0 atom stereocenters. The molecule has 0 spiro atoms. The van der Waals surface area contributed by atoms with E-state index in [1.165, 1.54) is 24.3 Å². The number of nitrogens with one attached hydrogen (secondary N) is 3. The van der Waals surface area contributed by atoms with Crippen molar-refractivity contribution in [1.29, 1.82) is 0 Å². The van der Waals surface area contributed by atoms with E-state index in [9.17, 15) is 19.3 Å². The third-order valence-corrected chi connectivity index (χ3v) is 8.64. The maximum atomic E-state index is 12.8. The van der Waals surface area contributed by atoms with E-state index in [2.05, 4.69) is 25.9 Å². The summed E-state index contributed by atoms with van der Waals surface area (Å²) < 4.78 is 18.3. The van der Waals surface area contributed by atoms with Gasteiger partial charge in [-0.05, 0) is 77.3 Å². The highest BCUT2D eigenvalue weighted by Gasteiger charge is 2.52. The molecule has 4 rings (SSSR count). The number of nitrogens with zero attached hydrogens (tertiary/aromatic N) is 3. The number of methoxy groups -OCH3 is 1.